The Kier molecular flexibility index (Phi) is 4.63. The zero-order valence-corrected chi connectivity index (χ0v) is 17.9. The van der Waals surface area contributed by atoms with E-state index >= 15 is 0 Å². The van der Waals surface area contributed by atoms with Gasteiger partial charge in [0, 0.05) is 36.9 Å². The van der Waals surface area contributed by atoms with E-state index < -0.39 is 0 Å². The van der Waals surface area contributed by atoms with Gasteiger partial charge in [-0.15, -0.1) is 5.10 Å². The van der Waals surface area contributed by atoms with E-state index in [1.165, 1.54) is 16.0 Å². The highest BCUT2D eigenvalue weighted by atomic mass is 35.5. The predicted octanol–water partition coefficient (Wildman–Crippen LogP) is 4.82. The molecular weight excluding hydrogens is 410 g/mol. The van der Waals surface area contributed by atoms with Crippen LogP contribution >= 0.6 is 35.2 Å². The summed E-state index contributed by atoms with van der Waals surface area (Å²) in [6.07, 6.45) is 0. The Hall–Kier alpha value is -1.93. The van der Waals surface area contributed by atoms with Gasteiger partial charge in [-0.2, -0.15) is 0 Å². The number of aryl methyl sites for hydroxylation is 1. The molecule has 28 heavy (non-hydrogen) atoms. The molecule has 5 rings (SSSR count). The fourth-order valence-electron chi connectivity index (χ4n) is 3.82. The van der Waals surface area contributed by atoms with Gasteiger partial charge in [-0.1, -0.05) is 41.1 Å². The van der Waals surface area contributed by atoms with Crippen LogP contribution in [-0.2, 0) is 6.67 Å². The maximum Gasteiger partial charge on any atom is 0.216 e. The number of aromatic nitrogens is 3. The van der Waals surface area contributed by atoms with Gasteiger partial charge in [-0.25, -0.2) is 4.68 Å². The van der Waals surface area contributed by atoms with E-state index in [-0.39, 0.29) is 0 Å². The number of nitrogens with zero attached hydrogens (tertiary/aromatic N) is 5. The average molecular weight is 430 g/mol. The minimum atomic E-state index is 0.726. The molecule has 0 amide bonds. The zero-order chi connectivity index (χ0) is 19.3. The Labute approximate surface area is 177 Å². The smallest absolute Gasteiger partial charge is 0.216 e. The van der Waals surface area contributed by atoms with Crippen molar-refractivity contribution in [3.8, 4) is 0 Å². The summed E-state index contributed by atoms with van der Waals surface area (Å²) >= 11 is 13.6. The molecule has 5 nitrogen and oxygen atoms in total. The van der Waals surface area contributed by atoms with Gasteiger partial charge in [0.15, 0.2) is 0 Å². The van der Waals surface area contributed by atoms with Gasteiger partial charge in [0.25, 0.3) is 0 Å². The molecule has 1 saturated heterocycles. The van der Waals surface area contributed by atoms with Crippen molar-refractivity contribution < 1.29 is 0 Å². The summed E-state index contributed by atoms with van der Waals surface area (Å²) in [5, 5.41) is 5.56. The molecule has 0 bridgehead atoms. The Morgan fingerprint density at radius 2 is 1.89 bits per heavy atom. The van der Waals surface area contributed by atoms with Crippen molar-refractivity contribution in [3.63, 3.8) is 0 Å². The van der Waals surface area contributed by atoms with Crippen LogP contribution in [0.25, 0.3) is 15.2 Å². The minimum absolute atomic E-state index is 0.726. The summed E-state index contributed by atoms with van der Waals surface area (Å²) in [5.74, 6) is 0. The van der Waals surface area contributed by atoms with Gasteiger partial charge in [0.05, 0.1) is 16.9 Å². The molecule has 0 saturated carbocycles. The first kappa shape index (κ1) is 18.1. The van der Waals surface area contributed by atoms with Crippen molar-refractivity contribution in [2.45, 2.75) is 13.6 Å². The molecule has 3 heterocycles. The highest BCUT2D eigenvalue weighted by molar-refractivity contribution is 7.71. The number of para-hydroxylation sites is 1. The van der Waals surface area contributed by atoms with Crippen LogP contribution in [0.15, 0.2) is 42.5 Å². The predicted molar refractivity (Wildman–Crippen MR) is 119 cm³/mol. The fraction of sp³-hybridized carbons (Fsp3) is 0.300. The Balaban J connectivity index is 1.33. The first-order valence-electron chi connectivity index (χ1n) is 9.31. The monoisotopic (exact) mass is 429 g/mol. The largest absolute Gasteiger partial charge is 0.369 e. The standard InChI is InChI=1S/C20H20ClN5S2/c1-14-6-7-15(21)12-17(14)24-10-8-23(9-11-24)13-25-20(27)26-16-4-2-3-5-18(16)28-19(26)22-25/h2-7,12H,8-11,13H2,1H3. The van der Waals surface area contributed by atoms with E-state index in [9.17, 15) is 0 Å². The highest BCUT2D eigenvalue weighted by Gasteiger charge is 2.20. The molecule has 0 atom stereocenters. The molecule has 0 radical (unpaired) electrons. The minimum Gasteiger partial charge on any atom is -0.369 e. The van der Waals surface area contributed by atoms with Crippen molar-refractivity contribution in [2.24, 2.45) is 0 Å². The zero-order valence-electron chi connectivity index (χ0n) is 15.5. The molecule has 144 valence electrons. The molecule has 0 N–H and O–H groups in total. The number of hydrogen-bond acceptors (Lipinski definition) is 5. The molecule has 0 aliphatic carbocycles. The first-order valence-corrected chi connectivity index (χ1v) is 10.9. The third-order valence-corrected chi connectivity index (χ3v) is 6.98. The first-order chi connectivity index (χ1) is 13.6. The van der Waals surface area contributed by atoms with E-state index in [0.29, 0.717) is 0 Å². The van der Waals surface area contributed by atoms with E-state index in [0.717, 1.165) is 53.1 Å². The highest BCUT2D eigenvalue weighted by Crippen LogP contribution is 2.27. The van der Waals surface area contributed by atoms with Crippen LogP contribution in [0.5, 0.6) is 0 Å². The molecule has 0 unspecified atom stereocenters. The second-order valence-corrected chi connectivity index (χ2v) is 8.96. The number of thiazole rings is 1. The quantitative estimate of drug-likeness (QED) is 0.436. The van der Waals surface area contributed by atoms with Gasteiger partial charge in [-0.3, -0.25) is 9.30 Å². The number of hydrogen-bond donors (Lipinski definition) is 0. The topological polar surface area (TPSA) is 28.7 Å². The molecule has 8 heteroatoms. The Morgan fingerprint density at radius 1 is 1.11 bits per heavy atom. The van der Waals surface area contributed by atoms with Crippen molar-refractivity contribution in [1.82, 2.24) is 19.1 Å². The number of benzene rings is 2. The van der Waals surface area contributed by atoms with E-state index in [1.807, 2.05) is 16.8 Å². The molecule has 4 aromatic rings. The van der Waals surface area contributed by atoms with Crippen molar-refractivity contribution in [3.05, 3.63) is 57.8 Å². The summed E-state index contributed by atoms with van der Waals surface area (Å²) in [5.41, 5.74) is 3.64. The van der Waals surface area contributed by atoms with Crippen LogP contribution in [0, 0.1) is 11.7 Å². The van der Waals surface area contributed by atoms with Crippen LogP contribution in [0.2, 0.25) is 5.02 Å². The number of halogens is 1. The van der Waals surface area contributed by atoms with Crippen LogP contribution in [0.4, 0.5) is 5.69 Å². The number of fused-ring (bicyclic) bond motifs is 3. The molecule has 0 spiro atoms. The summed E-state index contributed by atoms with van der Waals surface area (Å²) in [4.78, 5) is 5.78. The van der Waals surface area contributed by atoms with E-state index in [1.54, 1.807) is 11.3 Å². The maximum absolute atomic E-state index is 6.20. The van der Waals surface area contributed by atoms with Gasteiger partial charge >= 0.3 is 0 Å². The SMILES string of the molecule is Cc1ccc(Cl)cc1N1CCN(Cn2nc3sc4ccccc4n3c2=S)CC1. The molecular formula is C20H20ClN5S2. The van der Waals surface area contributed by atoms with Gasteiger partial charge in [-0.05, 0) is 49.0 Å². The third kappa shape index (κ3) is 3.12. The van der Waals surface area contributed by atoms with Crippen molar-refractivity contribution >= 4 is 56.0 Å². The number of rotatable bonds is 3. The second kappa shape index (κ2) is 7.15. The fourth-order valence-corrected chi connectivity index (χ4v) is 5.35. The summed E-state index contributed by atoms with van der Waals surface area (Å²) in [6, 6.07) is 14.4. The molecule has 2 aromatic heterocycles. The summed E-state index contributed by atoms with van der Waals surface area (Å²) in [7, 11) is 0. The molecule has 1 aliphatic heterocycles. The van der Waals surface area contributed by atoms with E-state index in [4.69, 9.17) is 28.9 Å². The summed E-state index contributed by atoms with van der Waals surface area (Å²) < 4.78 is 6.02. The van der Waals surface area contributed by atoms with Crippen molar-refractivity contribution in [1.29, 1.82) is 0 Å². The van der Waals surface area contributed by atoms with E-state index in [2.05, 4.69) is 51.5 Å². The van der Waals surface area contributed by atoms with Crippen LogP contribution < -0.4 is 4.90 Å². The van der Waals surface area contributed by atoms with Crippen LogP contribution in [0.1, 0.15) is 5.56 Å². The second-order valence-electron chi connectivity index (χ2n) is 7.15. The average Bonchev–Trinajstić information content (AvgIpc) is 3.21. The lowest BCUT2D eigenvalue weighted by molar-refractivity contribution is 0.195. The maximum atomic E-state index is 6.20. The number of piperazine rings is 1. The van der Waals surface area contributed by atoms with Crippen LogP contribution in [-0.4, -0.2) is 45.3 Å². The van der Waals surface area contributed by atoms with Crippen LogP contribution in [0.3, 0.4) is 0 Å². The van der Waals surface area contributed by atoms with Crippen molar-refractivity contribution in [2.75, 3.05) is 31.1 Å². The molecule has 1 aliphatic rings. The Morgan fingerprint density at radius 3 is 2.71 bits per heavy atom. The number of anilines is 1. The molecule has 2 aromatic carbocycles. The lowest BCUT2D eigenvalue weighted by Crippen LogP contribution is -2.47. The lowest BCUT2D eigenvalue weighted by atomic mass is 10.1. The third-order valence-electron chi connectivity index (χ3n) is 5.34. The lowest BCUT2D eigenvalue weighted by Gasteiger charge is -2.36. The van der Waals surface area contributed by atoms with Gasteiger partial charge < -0.3 is 4.90 Å². The van der Waals surface area contributed by atoms with Gasteiger partial charge in [0.1, 0.15) is 0 Å². The Bertz CT molecular complexity index is 1220. The molecule has 1 fully saturated rings. The normalized spacial score (nSPS) is 15.7. The van der Waals surface area contributed by atoms with Gasteiger partial charge in [0.2, 0.25) is 9.73 Å². The summed E-state index contributed by atoms with van der Waals surface area (Å²) in [6.45, 7) is 6.75.